The maximum absolute atomic E-state index is 11.3. The molecule has 0 aromatic heterocycles. The maximum Gasteiger partial charge on any atom is 0.234 e. The number of nitrogens with two attached hydrogens (primary N) is 1. The molecule has 3 N–H and O–H groups in total. The van der Waals surface area contributed by atoms with E-state index in [1.54, 1.807) is 6.92 Å². The molecule has 0 spiro atoms. The van der Waals surface area contributed by atoms with Gasteiger partial charge in [0, 0.05) is 17.0 Å². The zero-order chi connectivity index (χ0) is 14.8. The zero-order valence-corrected chi connectivity index (χ0v) is 12.1. The zero-order valence-electron chi connectivity index (χ0n) is 12.1. The van der Waals surface area contributed by atoms with E-state index in [1.165, 1.54) is 5.39 Å². The van der Waals surface area contributed by atoms with Gasteiger partial charge in [-0.2, -0.15) is 0 Å². The van der Waals surface area contributed by atoms with E-state index in [0.717, 1.165) is 29.5 Å². The molecule has 21 heavy (non-hydrogen) atoms. The molecule has 0 bridgehead atoms. The molecule has 0 radical (unpaired) electrons. The normalized spacial score (nSPS) is 19.4. The monoisotopic (exact) mass is 284 g/mol. The molecule has 4 nitrogen and oxygen atoms in total. The Morgan fingerprint density at radius 3 is 2.95 bits per heavy atom. The number of rotatable bonds is 3. The summed E-state index contributed by atoms with van der Waals surface area (Å²) in [6.07, 6.45) is 1.88. The predicted octanol–water partition coefficient (Wildman–Crippen LogP) is 2.52. The number of carbonyl (C=O) groups is 1. The van der Waals surface area contributed by atoms with Crippen LogP contribution < -0.4 is 15.8 Å². The predicted molar refractivity (Wildman–Crippen MR) is 83.2 cm³/mol. The summed E-state index contributed by atoms with van der Waals surface area (Å²) in [5, 5.41) is 5.61. The highest BCUT2D eigenvalue weighted by atomic mass is 16.5. The van der Waals surface area contributed by atoms with Gasteiger partial charge in [0.15, 0.2) is 0 Å². The molecule has 1 heterocycles. The van der Waals surface area contributed by atoms with E-state index in [1.807, 2.05) is 12.1 Å². The van der Waals surface area contributed by atoms with Crippen LogP contribution in [0.25, 0.3) is 10.8 Å². The van der Waals surface area contributed by atoms with Gasteiger partial charge in [-0.15, -0.1) is 0 Å². The average molecular weight is 284 g/mol. The number of hydrogen-bond donors (Lipinski definition) is 2. The molecular formula is C17H20N2O2. The topological polar surface area (TPSA) is 64.3 Å². The molecular weight excluding hydrogens is 264 g/mol. The lowest BCUT2D eigenvalue weighted by molar-refractivity contribution is -0.119. The van der Waals surface area contributed by atoms with Crippen molar-refractivity contribution in [2.45, 2.75) is 31.8 Å². The summed E-state index contributed by atoms with van der Waals surface area (Å²) in [5.41, 5.74) is 6.48. The van der Waals surface area contributed by atoms with Crippen LogP contribution in [0.15, 0.2) is 36.4 Å². The summed E-state index contributed by atoms with van der Waals surface area (Å²) in [7, 11) is 0. The van der Waals surface area contributed by atoms with Gasteiger partial charge in [-0.05, 0) is 25.2 Å². The standard InChI is InChI=1S/C17H20N2O2/c1-11(17(18)20)19-15-7-4-10-21-16-13-6-3-2-5-12(13)8-9-14(15)16/h2-3,5-6,8-9,11,15,19H,4,7,10H2,1H3,(H2,18,20)/t11-,15+/m1/s1. The third-order valence-electron chi connectivity index (χ3n) is 4.05. The minimum atomic E-state index is -0.354. The van der Waals surface area contributed by atoms with Gasteiger partial charge < -0.3 is 10.5 Å². The van der Waals surface area contributed by atoms with Gasteiger partial charge in [0.05, 0.1) is 12.6 Å². The molecule has 2 aromatic carbocycles. The van der Waals surface area contributed by atoms with Crippen LogP contribution in [0.3, 0.4) is 0 Å². The van der Waals surface area contributed by atoms with Crippen LogP contribution in [-0.2, 0) is 4.79 Å². The van der Waals surface area contributed by atoms with Crippen molar-refractivity contribution in [2.75, 3.05) is 6.61 Å². The Hall–Kier alpha value is -2.07. The van der Waals surface area contributed by atoms with Crippen molar-refractivity contribution in [3.8, 4) is 5.75 Å². The number of ether oxygens (including phenoxy) is 1. The van der Waals surface area contributed by atoms with Crippen molar-refractivity contribution in [1.82, 2.24) is 5.32 Å². The fraction of sp³-hybridized carbons (Fsp3) is 0.353. The first kappa shape index (κ1) is 13.9. The first-order valence-electron chi connectivity index (χ1n) is 7.36. The summed E-state index contributed by atoms with van der Waals surface area (Å²) in [5.74, 6) is 0.599. The summed E-state index contributed by atoms with van der Waals surface area (Å²) in [4.78, 5) is 11.3. The average Bonchev–Trinajstić information content (AvgIpc) is 2.69. The second kappa shape index (κ2) is 5.74. The lowest BCUT2D eigenvalue weighted by atomic mass is 9.97. The SMILES string of the molecule is C[C@@H](N[C@H]1CCCOc2c1ccc1ccccc21)C(N)=O. The van der Waals surface area contributed by atoms with Crippen molar-refractivity contribution < 1.29 is 9.53 Å². The van der Waals surface area contributed by atoms with Gasteiger partial charge in [0.1, 0.15) is 5.75 Å². The van der Waals surface area contributed by atoms with Crippen LogP contribution in [0.2, 0.25) is 0 Å². The smallest absolute Gasteiger partial charge is 0.234 e. The van der Waals surface area contributed by atoms with Crippen LogP contribution in [0.4, 0.5) is 0 Å². The van der Waals surface area contributed by atoms with Crippen molar-refractivity contribution in [3.63, 3.8) is 0 Å². The largest absolute Gasteiger partial charge is 0.493 e. The van der Waals surface area contributed by atoms with Crippen molar-refractivity contribution in [2.24, 2.45) is 5.73 Å². The Morgan fingerprint density at radius 2 is 2.14 bits per heavy atom. The number of primary amides is 1. The van der Waals surface area contributed by atoms with E-state index in [9.17, 15) is 4.79 Å². The molecule has 0 aliphatic carbocycles. The molecule has 2 aromatic rings. The van der Waals surface area contributed by atoms with Gasteiger partial charge in [-0.1, -0.05) is 36.4 Å². The fourth-order valence-corrected chi connectivity index (χ4v) is 2.87. The van der Waals surface area contributed by atoms with Crippen molar-refractivity contribution >= 4 is 16.7 Å². The lowest BCUT2D eigenvalue weighted by Gasteiger charge is -2.22. The number of nitrogens with one attached hydrogen (secondary N) is 1. The summed E-state index contributed by atoms with van der Waals surface area (Å²) in [6.45, 7) is 2.50. The van der Waals surface area contributed by atoms with Gasteiger partial charge >= 0.3 is 0 Å². The Balaban J connectivity index is 2.03. The van der Waals surface area contributed by atoms with E-state index < -0.39 is 0 Å². The van der Waals surface area contributed by atoms with Crippen LogP contribution in [-0.4, -0.2) is 18.6 Å². The highest BCUT2D eigenvalue weighted by Gasteiger charge is 2.24. The quantitative estimate of drug-likeness (QED) is 0.910. The highest BCUT2D eigenvalue weighted by molar-refractivity contribution is 5.90. The first-order chi connectivity index (χ1) is 10.2. The van der Waals surface area contributed by atoms with E-state index >= 15 is 0 Å². The highest BCUT2D eigenvalue weighted by Crippen LogP contribution is 2.37. The number of carbonyl (C=O) groups excluding carboxylic acids is 1. The Morgan fingerprint density at radius 1 is 1.33 bits per heavy atom. The van der Waals surface area contributed by atoms with Crippen LogP contribution >= 0.6 is 0 Å². The summed E-state index contributed by atoms with van der Waals surface area (Å²) >= 11 is 0. The molecule has 0 saturated carbocycles. The third kappa shape index (κ3) is 2.72. The molecule has 1 aliphatic heterocycles. The molecule has 2 atom stereocenters. The van der Waals surface area contributed by atoms with Crippen LogP contribution in [0.5, 0.6) is 5.75 Å². The van der Waals surface area contributed by atoms with Crippen LogP contribution in [0.1, 0.15) is 31.4 Å². The number of fused-ring (bicyclic) bond motifs is 3. The Labute approximate surface area is 124 Å². The maximum atomic E-state index is 11.3. The number of hydrogen-bond acceptors (Lipinski definition) is 3. The van der Waals surface area contributed by atoms with E-state index in [0.29, 0.717) is 6.61 Å². The second-order valence-corrected chi connectivity index (χ2v) is 5.54. The molecule has 0 saturated heterocycles. The van der Waals surface area contributed by atoms with E-state index in [-0.39, 0.29) is 18.0 Å². The van der Waals surface area contributed by atoms with Crippen molar-refractivity contribution in [1.29, 1.82) is 0 Å². The summed E-state index contributed by atoms with van der Waals surface area (Å²) in [6, 6.07) is 12.1. The first-order valence-corrected chi connectivity index (χ1v) is 7.36. The van der Waals surface area contributed by atoms with Gasteiger partial charge in [0.25, 0.3) is 0 Å². The molecule has 3 rings (SSSR count). The fourth-order valence-electron chi connectivity index (χ4n) is 2.87. The molecule has 0 unspecified atom stereocenters. The van der Waals surface area contributed by atoms with Gasteiger partial charge in [-0.3, -0.25) is 10.1 Å². The Bertz CT molecular complexity index is 669. The molecule has 4 heteroatoms. The lowest BCUT2D eigenvalue weighted by Crippen LogP contribution is -2.40. The van der Waals surface area contributed by atoms with E-state index in [4.69, 9.17) is 10.5 Å². The summed E-state index contributed by atoms with van der Waals surface area (Å²) < 4.78 is 5.98. The van der Waals surface area contributed by atoms with Crippen molar-refractivity contribution in [3.05, 3.63) is 42.0 Å². The second-order valence-electron chi connectivity index (χ2n) is 5.54. The molecule has 110 valence electrons. The third-order valence-corrected chi connectivity index (χ3v) is 4.05. The van der Waals surface area contributed by atoms with E-state index in [2.05, 4.69) is 29.6 Å². The minimum absolute atomic E-state index is 0.0922. The van der Waals surface area contributed by atoms with Crippen LogP contribution in [0, 0.1) is 0 Å². The van der Waals surface area contributed by atoms with Gasteiger partial charge in [-0.25, -0.2) is 0 Å². The minimum Gasteiger partial charge on any atom is -0.493 e. The molecule has 0 fully saturated rings. The Kier molecular flexibility index (Phi) is 3.80. The number of amides is 1. The van der Waals surface area contributed by atoms with Gasteiger partial charge in [0.2, 0.25) is 5.91 Å². The molecule has 1 aliphatic rings. The number of benzene rings is 2. The molecule has 1 amide bonds.